The molecule has 0 bridgehead atoms. The zero-order valence-corrected chi connectivity index (χ0v) is 16.7. The number of nitrogens with one attached hydrogen (secondary N) is 1. The molecule has 0 saturated carbocycles. The standard InChI is InChI=1S/C19H16FIN2O4/c1-23-18(24)15(22-19(23)25)8-12-7-14(21)17(16(9-12)26-2)27-10-11-4-3-5-13(20)6-11/h3-9H,10H2,1-2H3,(H,22,25)/b15-8+. The van der Waals surface area contributed by atoms with Crippen LogP contribution in [0.3, 0.4) is 0 Å². The Bertz CT molecular complexity index is 945. The van der Waals surface area contributed by atoms with E-state index in [4.69, 9.17) is 9.47 Å². The Labute approximate surface area is 169 Å². The predicted octanol–water partition coefficient (Wildman–Crippen LogP) is 3.54. The second-order valence-corrected chi connectivity index (χ2v) is 6.97. The summed E-state index contributed by atoms with van der Waals surface area (Å²) in [6.07, 6.45) is 1.57. The van der Waals surface area contributed by atoms with Gasteiger partial charge in [0.2, 0.25) is 0 Å². The third kappa shape index (κ3) is 4.21. The van der Waals surface area contributed by atoms with Crippen LogP contribution in [0.15, 0.2) is 42.1 Å². The van der Waals surface area contributed by atoms with Crippen LogP contribution in [0.4, 0.5) is 9.18 Å². The highest BCUT2D eigenvalue weighted by atomic mass is 127. The Kier molecular flexibility index (Phi) is 5.64. The lowest BCUT2D eigenvalue weighted by molar-refractivity contribution is -0.121. The number of hydrogen-bond donors (Lipinski definition) is 1. The van der Waals surface area contributed by atoms with Crippen molar-refractivity contribution in [3.8, 4) is 11.5 Å². The smallest absolute Gasteiger partial charge is 0.328 e. The molecular formula is C19H16FIN2O4. The summed E-state index contributed by atoms with van der Waals surface area (Å²) in [5, 5.41) is 2.51. The average molecular weight is 482 g/mol. The van der Waals surface area contributed by atoms with Crippen molar-refractivity contribution in [3.63, 3.8) is 0 Å². The van der Waals surface area contributed by atoms with E-state index in [0.29, 0.717) is 22.6 Å². The van der Waals surface area contributed by atoms with Gasteiger partial charge in [0.1, 0.15) is 18.1 Å². The molecule has 1 N–H and O–H groups in total. The molecule has 1 aliphatic heterocycles. The number of rotatable bonds is 5. The van der Waals surface area contributed by atoms with Gasteiger partial charge in [-0.3, -0.25) is 9.69 Å². The number of halogens is 2. The van der Waals surface area contributed by atoms with Crippen LogP contribution in [-0.4, -0.2) is 31.0 Å². The summed E-state index contributed by atoms with van der Waals surface area (Å²) in [6.45, 7) is 0.184. The molecule has 0 unspecified atom stereocenters. The first kappa shape index (κ1) is 19.2. The van der Waals surface area contributed by atoms with Crippen LogP contribution in [0.25, 0.3) is 6.08 Å². The van der Waals surface area contributed by atoms with E-state index in [1.807, 2.05) is 0 Å². The maximum Gasteiger partial charge on any atom is 0.328 e. The van der Waals surface area contributed by atoms with E-state index in [1.54, 1.807) is 30.3 Å². The summed E-state index contributed by atoms with van der Waals surface area (Å²) in [4.78, 5) is 24.6. The molecule has 0 radical (unpaired) electrons. The van der Waals surface area contributed by atoms with Gasteiger partial charge in [0.15, 0.2) is 11.5 Å². The van der Waals surface area contributed by atoms with Gasteiger partial charge in [-0.25, -0.2) is 9.18 Å². The molecule has 3 rings (SSSR count). The summed E-state index contributed by atoms with van der Waals surface area (Å²) >= 11 is 2.09. The zero-order valence-electron chi connectivity index (χ0n) is 14.6. The van der Waals surface area contributed by atoms with Gasteiger partial charge < -0.3 is 14.8 Å². The molecule has 1 saturated heterocycles. The molecule has 1 fully saturated rings. The predicted molar refractivity (Wildman–Crippen MR) is 106 cm³/mol. The Hall–Kier alpha value is -2.62. The van der Waals surface area contributed by atoms with Gasteiger partial charge in [-0.2, -0.15) is 0 Å². The van der Waals surface area contributed by atoms with E-state index >= 15 is 0 Å². The minimum atomic E-state index is -0.469. The second-order valence-electron chi connectivity index (χ2n) is 5.81. The molecule has 0 aromatic heterocycles. The second kappa shape index (κ2) is 7.95. The summed E-state index contributed by atoms with van der Waals surface area (Å²) < 4.78 is 25.3. The van der Waals surface area contributed by atoms with Crippen LogP contribution < -0.4 is 14.8 Å². The van der Waals surface area contributed by atoms with Crippen molar-refractivity contribution in [3.05, 3.63) is 62.6 Å². The van der Waals surface area contributed by atoms with E-state index in [0.717, 1.165) is 8.47 Å². The van der Waals surface area contributed by atoms with Crippen molar-refractivity contribution in [1.82, 2.24) is 10.2 Å². The molecule has 27 heavy (non-hydrogen) atoms. The molecule has 140 valence electrons. The molecule has 2 aromatic carbocycles. The molecule has 0 spiro atoms. The van der Waals surface area contributed by atoms with E-state index in [-0.39, 0.29) is 18.1 Å². The van der Waals surface area contributed by atoms with Crippen LogP contribution in [0.5, 0.6) is 11.5 Å². The van der Waals surface area contributed by atoms with Crippen molar-refractivity contribution in [1.29, 1.82) is 0 Å². The lowest BCUT2D eigenvalue weighted by Crippen LogP contribution is -2.25. The van der Waals surface area contributed by atoms with Crippen LogP contribution in [0, 0.1) is 9.39 Å². The molecule has 6 nitrogen and oxygen atoms in total. The lowest BCUT2D eigenvalue weighted by Gasteiger charge is -2.14. The fraction of sp³-hybridized carbons (Fsp3) is 0.158. The van der Waals surface area contributed by atoms with Crippen molar-refractivity contribution < 1.29 is 23.5 Å². The van der Waals surface area contributed by atoms with Gasteiger partial charge in [0.25, 0.3) is 5.91 Å². The number of imide groups is 1. The quantitative estimate of drug-likeness (QED) is 0.403. The first-order valence-electron chi connectivity index (χ1n) is 7.94. The first-order chi connectivity index (χ1) is 12.9. The molecule has 0 aliphatic carbocycles. The van der Waals surface area contributed by atoms with Gasteiger partial charge >= 0.3 is 6.03 Å². The maximum absolute atomic E-state index is 13.3. The number of likely N-dealkylation sites (N-methyl/N-ethyl adjacent to an activating group) is 1. The average Bonchev–Trinajstić information content (AvgIpc) is 2.87. The number of nitrogens with zero attached hydrogens (tertiary/aromatic N) is 1. The fourth-order valence-electron chi connectivity index (χ4n) is 2.54. The minimum Gasteiger partial charge on any atom is -0.493 e. The highest BCUT2D eigenvalue weighted by Crippen LogP contribution is 2.35. The lowest BCUT2D eigenvalue weighted by atomic mass is 10.1. The summed E-state index contributed by atoms with van der Waals surface area (Å²) in [5.41, 5.74) is 1.56. The van der Waals surface area contributed by atoms with Crippen molar-refractivity contribution in [2.75, 3.05) is 14.2 Å². The van der Waals surface area contributed by atoms with Gasteiger partial charge in [0.05, 0.1) is 10.7 Å². The topological polar surface area (TPSA) is 67.9 Å². The van der Waals surface area contributed by atoms with Crippen molar-refractivity contribution >= 4 is 40.6 Å². The maximum atomic E-state index is 13.3. The van der Waals surface area contributed by atoms with E-state index in [1.165, 1.54) is 26.3 Å². The number of ether oxygens (including phenoxy) is 2. The SMILES string of the molecule is COc1cc(/C=C2/NC(=O)N(C)C2=O)cc(I)c1OCc1cccc(F)c1. The number of hydrogen-bond acceptors (Lipinski definition) is 4. The molecule has 1 aliphatic rings. The molecule has 2 aromatic rings. The third-order valence-electron chi connectivity index (χ3n) is 3.92. The number of urea groups is 1. The normalized spacial score (nSPS) is 15.3. The Morgan fingerprint density at radius 2 is 2.04 bits per heavy atom. The van der Waals surface area contributed by atoms with Gasteiger partial charge in [0, 0.05) is 7.05 Å². The highest BCUT2D eigenvalue weighted by Gasteiger charge is 2.30. The largest absolute Gasteiger partial charge is 0.493 e. The van der Waals surface area contributed by atoms with Crippen molar-refractivity contribution in [2.24, 2.45) is 0 Å². The fourth-order valence-corrected chi connectivity index (χ4v) is 3.32. The Balaban J connectivity index is 1.85. The molecular weight excluding hydrogens is 466 g/mol. The van der Waals surface area contributed by atoms with Crippen molar-refractivity contribution in [2.45, 2.75) is 6.61 Å². The van der Waals surface area contributed by atoms with Gasteiger partial charge in [-0.1, -0.05) is 12.1 Å². The zero-order chi connectivity index (χ0) is 19.6. The molecule has 8 heteroatoms. The number of amides is 3. The Morgan fingerprint density at radius 3 is 2.67 bits per heavy atom. The van der Waals surface area contributed by atoms with Crippen LogP contribution in [0.2, 0.25) is 0 Å². The molecule has 3 amide bonds. The van der Waals surface area contributed by atoms with Gasteiger partial charge in [-0.15, -0.1) is 0 Å². The highest BCUT2D eigenvalue weighted by molar-refractivity contribution is 14.1. The van der Waals surface area contributed by atoms with Crippen LogP contribution in [-0.2, 0) is 11.4 Å². The number of carbonyl (C=O) groups excluding carboxylic acids is 2. The monoisotopic (exact) mass is 482 g/mol. The molecule has 1 heterocycles. The summed E-state index contributed by atoms with van der Waals surface area (Å²) in [6, 6.07) is 9.20. The summed E-state index contributed by atoms with van der Waals surface area (Å²) in [7, 11) is 2.92. The molecule has 0 atom stereocenters. The number of carbonyl (C=O) groups is 2. The minimum absolute atomic E-state index is 0.184. The van der Waals surface area contributed by atoms with E-state index in [2.05, 4.69) is 27.9 Å². The third-order valence-corrected chi connectivity index (χ3v) is 4.72. The number of benzene rings is 2. The van der Waals surface area contributed by atoms with Crippen LogP contribution in [0.1, 0.15) is 11.1 Å². The van der Waals surface area contributed by atoms with Crippen LogP contribution >= 0.6 is 22.6 Å². The van der Waals surface area contributed by atoms with E-state index < -0.39 is 11.9 Å². The summed E-state index contributed by atoms with van der Waals surface area (Å²) in [5.74, 6) is 0.257. The number of methoxy groups -OCH3 is 1. The van der Waals surface area contributed by atoms with E-state index in [9.17, 15) is 14.0 Å². The van der Waals surface area contributed by atoms with Gasteiger partial charge in [-0.05, 0) is 64.1 Å². The Morgan fingerprint density at radius 1 is 1.26 bits per heavy atom. The first-order valence-corrected chi connectivity index (χ1v) is 9.02.